The van der Waals surface area contributed by atoms with Gasteiger partial charge in [0.1, 0.15) is 0 Å². The van der Waals surface area contributed by atoms with E-state index < -0.39 is 0 Å². The van der Waals surface area contributed by atoms with Crippen molar-refractivity contribution in [2.75, 3.05) is 19.6 Å². The van der Waals surface area contributed by atoms with Crippen LogP contribution in [-0.2, 0) is 4.79 Å². The second-order valence-electron chi connectivity index (χ2n) is 4.26. The summed E-state index contributed by atoms with van der Waals surface area (Å²) < 4.78 is 0. The Morgan fingerprint density at radius 1 is 1.50 bits per heavy atom. The molecule has 1 saturated heterocycles. The number of Topliss-reactive ketones (excluding diaryl/α,β-unsaturated/α-hetero) is 1. The van der Waals surface area contributed by atoms with Gasteiger partial charge in [-0.15, -0.1) is 0 Å². The van der Waals surface area contributed by atoms with Gasteiger partial charge in [0.15, 0.2) is 5.78 Å². The SMILES string of the molecule is CC(C)NC1(C(=O)CN)CCNCC1. The van der Waals surface area contributed by atoms with E-state index in [9.17, 15) is 4.79 Å². The summed E-state index contributed by atoms with van der Waals surface area (Å²) in [6.07, 6.45) is 1.70. The molecule has 0 amide bonds. The minimum atomic E-state index is -0.367. The fraction of sp³-hybridized carbons (Fsp3) is 0.900. The number of rotatable bonds is 4. The zero-order valence-electron chi connectivity index (χ0n) is 9.10. The van der Waals surface area contributed by atoms with Gasteiger partial charge in [0.25, 0.3) is 0 Å². The van der Waals surface area contributed by atoms with E-state index in [1.54, 1.807) is 0 Å². The number of carbonyl (C=O) groups is 1. The van der Waals surface area contributed by atoms with Crippen molar-refractivity contribution in [1.82, 2.24) is 10.6 Å². The topological polar surface area (TPSA) is 67.2 Å². The molecule has 1 aliphatic heterocycles. The van der Waals surface area contributed by atoms with Gasteiger partial charge in [-0.05, 0) is 39.8 Å². The summed E-state index contributed by atoms with van der Waals surface area (Å²) in [5.74, 6) is 0.146. The highest BCUT2D eigenvalue weighted by Crippen LogP contribution is 2.20. The van der Waals surface area contributed by atoms with Crippen molar-refractivity contribution >= 4 is 5.78 Å². The van der Waals surface area contributed by atoms with Gasteiger partial charge in [-0.2, -0.15) is 0 Å². The maximum atomic E-state index is 11.8. The molecule has 1 aliphatic rings. The molecule has 0 aromatic carbocycles. The van der Waals surface area contributed by atoms with Crippen LogP contribution in [-0.4, -0.2) is 37.0 Å². The first-order valence-corrected chi connectivity index (χ1v) is 5.32. The molecular weight excluding hydrogens is 178 g/mol. The van der Waals surface area contributed by atoms with Crippen molar-refractivity contribution in [3.63, 3.8) is 0 Å². The Kier molecular flexibility index (Phi) is 4.04. The van der Waals surface area contributed by atoms with Gasteiger partial charge < -0.3 is 16.4 Å². The van der Waals surface area contributed by atoms with Crippen LogP contribution in [0.25, 0.3) is 0 Å². The molecule has 4 nitrogen and oxygen atoms in total. The molecular formula is C10H21N3O. The van der Waals surface area contributed by atoms with Crippen molar-refractivity contribution in [3.8, 4) is 0 Å². The molecule has 4 heteroatoms. The Bertz CT molecular complexity index is 198. The van der Waals surface area contributed by atoms with Crippen molar-refractivity contribution in [2.45, 2.75) is 38.3 Å². The van der Waals surface area contributed by atoms with Gasteiger partial charge in [0.2, 0.25) is 0 Å². The number of nitrogens with one attached hydrogen (secondary N) is 2. The molecule has 4 N–H and O–H groups in total. The molecule has 0 aromatic rings. The molecule has 0 atom stereocenters. The number of ketones is 1. The van der Waals surface area contributed by atoms with Gasteiger partial charge in [-0.25, -0.2) is 0 Å². The second-order valence-corrected chi connectivity index (χ2v) is 4.26. The summed E-state index contributed by atoms with van der Waals surface area (Å²) >= 11 is 0. The maximum Gasteiger partial charge on any atom is 0.166 e. The average Bonchev–Trinajstić information content (AvgIpc) is 2.17. The quantitative estimate of drug-likeness (QED) is 0.578. The van der Waals surface area contributed by atoms with Gasteiger partial charge in [-0.1, -0.05) is 0 Å². The van der Waals surface area contributed by atoms with Crippen LogP contribution in [0.1, 0.15) is 26.7 Å². The van der Waals surface area contributed by atoms with Crippen LogP contribution >= 0.6 is 0 Å². The van der Waals surface area contributed by atoms with E-state index >= 15 is 0 Å². The summed E-state index contributed by atoms with van der Waals surface area (Å²) in [6.45, 7) is 6.05. The lowest BCUT2D eigenvalue weighted by atomic mass is 9.83. The van der Waals surface area contributed by atoms with Crippen molar-refractivity contribution < 1.29 is 4.79 Å². The number of piperidine rings is 1. The molecule has 0 saturated carbocycles. The maximum absolute atomic E-state index is 11.8. The number of nitrogens with two attached hydrogens (primary N) is 1. The molecule has 0 spiro atoms. The predicted octanol–water partition coefficient (Wildman–Crippen LogP) is -0.366. The van der Waals surface area contributed by atoms with E-state index in [1.807, 2.05) is 0 Å². The molecule has 0 bridgehead atoms. The lowest BCUT2D eigenvalue weighted by Gasteiger charge is -2.38. The molecule has 0 aromatic heterocycles. The highest BCUT2D eigenvalue weighted by atomic mass is 16.1. The zero-order chi connectivity index (χ0) is 10.6. The van der Waals surface area contributed by atoms with E-state index in [2.05, 4.69) is 24.5 Å². The van der Waals surface area contributed by atoms with Crippen LogP contribution in [0.2, 0.25) is 0 Å². The summed E-state index contributed by atoms with van der Waals surface area (Å²) in [4.78, 5) is 11.8. The second kappa shape index (κ2) is 4.87. The molecule has 0 unspecified atom stereocenters. The first kappa shape index (κ1) is 11.6. The third kappa shape index (κ3) is 2.53. The van der Waals surface area contributed by atoms with E-state index in [4.69, 9.17) is 5.73 Å². The van der Waals surface area contributed by atoms with Crippen LogP contribution in [0, 0.1) is 0 Å². The predicted molar refractivity (Wildman–Crippen MR) is 57.2 cm³/mol. The minimum Gasteiger partial charge on any atom is -0.324 e. The van der Waals surface area contributed by atoms with Crippen molar-refractivity contribution in [1.29, 1.82) is 0 Å². The normalized spacial score (nSPS) is 21.1. The van der Waals surface area contributed by atoms with Crippen LogP contribution in [0.4, 0.5) is 0 Å². The lowest BCUT2D eigenvalue weighted by molar-refractivity contribution is -0.125. The number of hydrogen-bond donors (Lipinski definition) is 3. The molecule has 0 aliphatic carbocycles. The van der Waals surface area contributed by atoms with Crippen LogP contribution in [0.5, 0.6) is 0 Å². The Hall–Kier alpha value is -0.450. The number of carbonyl (C=O) groups excluding carboxylic acids is 1. The van der Waals surface area contributed by atoms with Crippen LogP contribution < -0.4 is 16.4 Å². The van der Waals surface area contributed by atoms with Crippen molar-refractivity contribution in [3.05, 3.63) is 0 Å². The molecule has 82 valence electrons. The molecule has 1 rings (SSSR count). The summed E-state index contributed by atoms with van der Waals surface area (Å²) in [7, 11) is 0. The average molecular weight is 199 g/mol. The highest BCUT2D eigenvalue weighted by Gasteiger charge is 2.38. The monoisotopic (exact) mass is 199 g/mol. The first-order valence-electron chi connectivity index (χ1n) is 5.32. The largest absolute Gasteiger partial charge is 0.324 e. The Balaban J connectivity index is 2.71. The lowest BCUT2D eigenvalue weighted by Crippen LogP contribution is -2.61. The Labute approximate surface area is 85.6 Å². The molecule has 1 heterocycles. The third-order valence-electron chi connectivity index (χ3n) is 2.74. The summed E-state index contributed by atoms with van der Waals surface area (Å²) in [5, 5.41) is 6.64. The zero-order valence-corrected chi connectivity index (χ0v) is 9.10. The summed E-state index contributed by atoms with van der Waals surface area (Å²) in [5.41, 5.74) is 5.09. The van der Waals surface area contributed by atoms with E-state index in [0.717, 1.165) is 25.9 Å². The molecule has 1 fully saturated rings. The third-order valence-corrected chi connectivity index (χ3v) is 2.74. The number of hydrogen-bond acceptors (Lipinski definition) is 4. The highest BCUT2D eigenvalue weighted by molar-refractivity contribution is 5.90. The first-order chi connectivity index (χ1) is 6.60. The van der Waals surface area contributed by atoms with Gasteiger partial charge in [0.05, 0.1) is 12.1 Å². The van der Waals surface area contributed by atoms with Gasteiger partial charge >= 0.3 is 0 Å². The van der Waals surface area contributed by atoms with Crippen molar-refractivity contribution in [2.24, 2.45) is 5.73 Å². The Morgan fingerprint density at radius 3 is 2.50 bits per heavy atom. The molecule has 0 radical (unpaired) electrons. The van der Waals surface area contributed by atoms with Gasteiger partial charge in [0, 0.05) is 6.04 Å². The standard InChI is InChI=1S/C10H21N3O/c1-8(2)13-10(9(14)7-11)3-5-12-6-4-10/h8,12-13H,3-7,11H2,1-2H3. The fourth-order valence-corrected chi connectivity index (χ4v) is 2.11. The smallest absolute Gasteiger partial charge is 0.166 e. The van der Waals surface area contributed by atoms with E-state index in [0.29, 0.717) is 6.04 Å². The van der Waals surface area contributed by atoms with Gasteiger partial charge in [-0.3, -0.25) is 4.79 Å². The summed E-state index contributed by atoms with van der Waals surface area (Å²) in [6, 6.07) is 0.323. The van der Waals surface area contributed by atoms with E-state index in [-0.39, 0.29) is 17.9 Å². The Morgan fingerprint density at radius 2 is 2.07 bits per heavy atom. The fourth-order valence-electron chi connectivity index (χ4n) is 2.11. The van der Waals surface area contributed by atoms with Crippen LogP contribution in [0.3, 0.4) is 0 Å². The van der Waals surface area contributed by atoms with E-state index in [1.165, 1.54) is 0 Å². The molecule has 14 heavy (non-hydrogen) atoms. The van der Waals surface area contributed by atoms with Crippen LogP contribution in [0.15, 0.2) is 0 Å². The minimum absolute atomic E-state index is 0.139.